The van der Waals surface area contributed by atoms with E-state index in [1.165, 1.54) is 37.7 Å². The zero-order valence-corrected chi connectivity index (χ0v) is 17.8. The van der Waals surface area contributed by atoms with E-state index in [0.29, 0.717) is 18.4 Å². The zero-order valence-electron chi connectivity index (χ0n) is 17.8. The summed E-state index contributed by atoms with van der Waals surface area (Å²) in [5.74, 6) is 0.684. The highest BCUT2D eigenvalue weighted by Gasteiger charge is 2.26. The van der Waals surface area contributed by atoms with Crippen LogP contribution in [0.15, 0.2) is 18.3 Å². The first kappa shape index (κ1) is 21.7. The average molecular weight is 376 g/mol. The second kappa shape index (κ2) is 10.1. The van der Waals surface area contributed by atoms with Crippen LogP contribution >= 0.6 is 0 Å². The lowest BCUT2D eigenvalue weighted by molar-refractivity contribution is 0.0578. The van der Waals surface area contributed by atoms with Crippen molar-refractivity contribution in [2.24, 2.45) is 0 Å². The number of nitrogens with zero attached hydrogens (tertiary/aromatic N) is 3. The van der Waals surface area contributed by atoms with Crippen molar-refractivity contribution in [2.75, 3.05) is 25.0 Å². The van der Waals surface area contributed by atoms with Crippen LogP contribution in [0, 0.1) is 0 Å². The maximum atomic E-state index is 12.7. The summed E-state index contributed by atoms with van der Waals surface area (Å²) in [4.78, 5) is 21.4. The molecule has 2 heterocycles. The Kier molecular flexibility index (Phi) is 8.08. The van der Waals surface area contributed by atoms with E-state index < -0.39 is 5.60 Å². The molecule has 1 amide bonds. The van der Waals surface area contributed by atoms with E-state index in [0.717, 1.165) is 19.4 Å². The third-order valence-electron chi connectivity index (χ3n) is 5.05. The molecule has 5 nitrogen and oxygen atoms in total. The molecule has 0 aromatic carbocycles. The molecule has 0 bridgehead atoms. The summed E-state index contributed by atoms with van der Waals surface area (Å²) in [6.45, 7) is 9.69. The fourth-order valence-electron chi connectivity index (χ4n) is 3.58. The van der Waals surface area contributed by atoms with Crippen molar-refractivity contribution < 1.29 is 9.53 Å². The van der Waals surface area contributed by atoms with Crippen LogP contribution in [-0.2, 0) is 4.74 Å². The number of carbonyl (C=O) groups excluding carboxylic acids is 1. The Morgan fingerprint density at radius 3 is 2.56 bits per heavy atom. The first-order valence-corrected chi connectivity index (χ1v) is 10.5. The van der Waals surface area contributed by atoms with E-state index >= 15 is 0 Å². The molecule has 1 atom stereocenters. The number of pyridine rings is 1. The molecule has 1 fully saturated rings. The Balaban J connectivity index is 2.07. The lowest BCUT2D eigenvalue weighted by Gasteiger charge is -2.27. The Morgan fingerprint density at radius 1 is 1.26 bits per heavy atom. The number of hydrogen-bond acceptors (Lipinski definition) is 4. The maximum Gasteiger partial charge on any atom is 0.416 e. The number of amides is 1. The zero-order chi connectivity index (χ0) is 19.9. The fraction of sp³-hybridized carbons (Fsp3) is 0.727. The van der Waals surface area contributed by atoms with Crippen LogP contribution in [0.3, 0.4) is 0 Å². The van der Waals surface area contributed by atoms with Crippen LogP contribution in [-0.4, -0.2) is 41.7 Å². The quantitative estimate of drug-likeness (QED) is 0.558. The number of rotatable bonds is 8. The molecule has 5 heteroatoms. The van der Waals surface area contributed by atoms with Gasteiger partial charge in [0.15, 0.2) is 0 Å². The first-order valence-electron chi connectivity index (χ1n) is 10.5. The third-order valence-corrected chi connectivity index (χ3v) is 5.05. The molecule has 1 aromatic heterocycles. The summed E-state index contributed by atoms with van der Waals surface area (Å²) >= 11 is 0. The number of hydrogen-bond donors (Lipinski definition) is 0. The molecule has 0 radical (unpaired) electrons. The number of carbonyl (C=O) groups is 1. The topological polar surface area (TPSA) is 45.7 Å². The molecule has 1 unspecified atom stereocenters. The smallest absolute Gasteiger partial charge is 0.416 e. The Hall–Kier alpha value is -1.62. The molecule has 1 aliphatic heterocycles. The van der Waals surface area contributed by atoms with Crippen molar-refractivity contribution in [3.05, 3.63) is 23.9 Å². The summed E-state index contributed by atoms with van der Waals surface area (Å²) in [5, 5.41) is 0. The lowest BCUT2D eigenvalue weighted by Crippen LogP contribution is -2.38. The van der Waals surface area contributed by atoms with Gasteiger partial charge < -0.3 is 4.74 Å². The highest BCUT2D eigenvalue weighted by molar-refractivity contribution is 5.86. The van der Waals surface area contributed by atoms with Gasteiger partial charge in [0.05, 0.1) is 0 Å². The molecule has 27 heavy (non-hydrogen) atoms. The van der Waals surface area contributed by atoms with E-state index in [-0.39, 0.29) is 6.09 Å². The SMILES string of the molecule is CCCCCCCN(C(=O)OC(C)(C)C)c1ccc(C2CCCN2C)cn1. The van der Waals surface area contributed by atoms with Gasteiger partial charge in [0, 0.05) is 18.8 Å². The van der Waals surface area contributed by atoms with E-state index in [1.54, 1.807) is 4.90 Å². The van der Waals surface area contributed by atoms with Crippen molar-refractivity contribution >= 4 is 11.9 Å². The molecule has 1 aliphatic rings. The molecule has 1 saturated heterocycles. The van der Waals surface area contributed by atoms with Crippen LogP contribution in [0.4, 0.5) is 10.6 Å². The second-order valence-electron chi connectivity index (χ2n) is 8.63. The summed E-state index contributed by atoms with van der Waals surface area (Å²) in [7, 11) is 2.16. The van der Waals surface area contributed by atoms with Crippen molar-refractivity contribution in [1.82, 2.24) is 9.88 Å². The number of likely N-dealkylation sites (tertiary alicyclic amines) is 1. The molecule has 0 spiro atoms. The Bertz CT molecular complexity index is 580. The van der Waals surface area contributed by atoms with Gasteiger partial charge >= 0.3 is 6.09 Å². The number of unbranched alkanes of at least 4 members (excludes halogenated alkanes) is 4. The minimum absolute atomic E-state index is 0.309. The van der Waals surface area contributed by atoms with Crippen molar-refractivity contribution in [3.8, 4) is 0 Å². The van der Waals surface area contributed by atoms with Crippen LogP contribution in [0.25, 0.3) is 0 Å². The molecule has 0 N–H and O–H groups in total. The van der Waals surface area contributed by atoms with Gasteiger partial charge in [0.25, 0.3) is 0 Å². The lowest BCUT2D eigenvalue weighted by atomic mass is 10.1. The predicted molar refractivity (Wildman–Crippen MR) is 111 cm³/mol. The monoisotopic (exact) mass is 375 g/mol. The van der Waals surface area contributed by atoms with E-state index in [2.05, 4.69) is 29.9 Å². The van der Waals surface area contributed by atoms with E-state index in [1.807, 2.05) is 33.0 Å². The van der Waals surface area contributed by atoms with Gasteiger partial charge in [-0.25, -0.2) is 9.78 Å². The highest BCUT2D eigenvalue weighted by Crippen LogP contribution is 2.30. The van der Waals surface area contributed by atoms with Gasteiger partial charge in [-0.2, -0.15) is 0 Å². The summed E-state index contributed by atoms with van der Waals surface area (Å²) in [5.41, 5.74) is 0.718. The van der Waals surface area contributed by atoms with E-state index in [4.69, 9.17) is 4.74 Å². The van der Waals surface area contributed by atoms with Crippen LogP contribution in [0.2, 0.25) is 0 Å². The van der Waals surface area contributed by atoms with Crippen molar-refractivity contribution in [1.29, 1.82) is 0 Å². The molecular weight excluding hydrogens is 338 g/mol. The Labute approximate surface area is 165 Å². The molecule has 152 valence electrons. The molecule has 0 saturated carbocycles. The fourth-order valence-corrected chi connectivity index (χ4v) is 3.58. The largest absolute Gasteiger partial charge is 0.443 e. The highest BCUT2D eigenvalue weighted by atomic mass is 16.6. The molecular formula is C22H37N3O2. The van der Waals surface area contributed by atoms with Crippen molar-refractivity contribution in [3.63, 3.8) is 0 Å². The van der Waals surface area contributed by atoms with Crippen molar-refractivity contribution in [2.45, 2.75) is 84.3 Å². The number of ether oxygens (including phenoxy) is 1. The second-order valence-corrected chi connectivity index (χ2v) is 8.63. The molecule has 2 rings (SSSR count). The van der Waals surface area contributed by atoms with E-state index in [9.17, 15) is 4.79 Å². The number of anilines is 1. The molecule has 1 aromatic rings. The minimum Gasteiger partial charge on any atom is -0.443 e. The normalized spacial score (nSPS) is 17.9. The minimum atomic E-state index is -0.510. The van der Waals surface area contributed by atoms with Gasteiger partial charge in [-0.15, -0.1) is 0 Å². The van der Waals surface area contributed by atoms with Gasteiger partial charge in [0.2, 0.25) is 0 Å². The van der Waals surface area contributed by atoms with Gasteiger partial charge in [0.1, 0.15) is 11.4 Å². The number of aromatic nitrogens is 1. The van der Waals surface area contributed by atoms with Gasteiger partial charge in [-0.3, -0.25) is 9.80 Å². The Morgan fingerprint density at radius 2 is 2.00 bits per heavy atom. The first-order chi connectivity index (χ1) is 12.8. The summed E-state index contributed by atoms with van der Waals surface area (Å²) in [6.07, 6.45) is 9.77. The average Bonchev–Trinajstić information content (AvgIpc) is 3.03. The van der Waals surface area contributed by atoms with Crippen LogP contribution < -0.4 is 4.90 Å². The van der Waals surface area contributed by atoms with Crippen LogP contribution in [0.5, 0.6) is 0 Å². The maximum absolute atomic E-state index is 12.7. The standard InChI is InChI=1S/C22H37N3O2/c1-6-7-8-9-10-16-25(21(26)27-22(2,3)4)20-14-13-18(17-23-20)19-12-11-15-24(19)5/h13-14,17,19H,6-12,15-16H2,1-5H3. The predicted octanol–water partition coefficient (Wildman–Crippen LogP) is 5.56. The summed E-state index contributed by atoms with van der Waals surface area (Å²) in [6, 6.07) is 4.52. The third kappa shape index (κ3) is 6.80. The van der Waals surface area contributed by atoms with Gasteiger partial charge in [-0.05, 0) is 65.3 Å². The summed E-state index contributed by atoms with van der Waals surface area (Å²) < 4.78 is 5.62. The van der Waals surface area contributed by atoms with Crippen LogP contribution in [0.1, 0.15) is 84.2 Å². The molecule has 0 aliphatic carbocycles. The van der Waals surface area contributed by atoms with Gasteiger partial charge in [-0.1, -0.05) is 38.7 Å².